The molecule has 1 aromatic carbocycles. The van der Waals surface area contributed by atoms with Crippen LogP contribution >= 0.6 is 27.7 Å². The normalized spacial score (nSPS) is 12.8. The number of thioether (sulfide) groups is 1. The monoisotopic (exact) mass is 377 g/mol. The number of benzene rings is 1. The number of ether oxygens (including phenoxy) is 1. The summed E-state index contributed by atoms with van der Waals surface area (Å²) in [6.07, 6.45) is 0. The van der Waals surface area contributed by atoms with Crippen molar-refractivity contribution in [1.29, 1.82) is 0 Å². The molecule has 0 fully saturated rings. The average Bonchev–Trinajstić information content (AvgIpc) is 2.38. The molecule has 21 heavy (non-hydrogen) atoms. The van der Waals surface area contributed by atoms with Crippen molar-refractivity contribution in [3.63, 3.8) is 0 Å². The predicted molar refractivity (Wildman–Crippen MR) is 88.8 cm³/mol. The molecule has 0 radical (unpaired) electrons. The molecule has 0 heterocycles. The van der Waals surface area contributed by atoms with Crippen molar-refractivity contribution in [2.24, 2.45) is 11.8 Å². The highest BCUT2D eigenvalue weighted by molar-refractivity contribution is 9.10. The van der Waals surface area contributed by atoms with Gasteiger partial charge in [-0.15, -0.1) is 11.8 Å². The summed E-state index contributed by atoms with van der Waals surface area (Å²) in [7, 11) is 0. The Kier molecular flexibility index (Phi) is 7.00. The van der Waals surface area contributed by atoms with Crippen LogP contribution in [0.3, 0.4) is 0 Å². The van der Waals surface area contributed by atoms with E-state index in [-0.39, 0.29) is 22.8 Å². The lowest BCUT2D eigenvalue weighted by Gasteiger charge is -2.20. The number of carbonyl (C=O) groups is 1. The third-order valence-corrected chi connectivity index (χ3v) is 5.20. The molecule has 0 amide bonds. The SMILES string of the molecule is CC(C)COC(=O)C(Sc1cc(N)c(F)cc1Br)C(C)C. The minimum Gasteiger partial charge on any atom is -0.465 e. The Morgan fingerprint density at radius 1 is 1.38 bits per heavy atom. The molecule has 1 unspecified atom stereocenters. The highest BCUT2D eigenvalue weighted by atomic mass is 79.9. The predicted octanol–water partition coefficient (Wildman–Crippen LogP) is 4.49. The van der Waals surface area contributed by atoms with Crippen LogP contribution in [0.2, 0.25) is 0 Å². The van der Waals surface area contributed by atoms with E-state index < -0.39 is 5.82 Å². The maximum absolute atomic E-state index is 13.4. The molecule has 0 saturated heterocycles. The number of carbonyl (C=O) groups excluding carboxylic acids is 1. The molecule has 118 valence electrons. The Labute approximate surface area is 137 Å². The molecule has 0 aliphatic heterocycles. The number of halogens is 2. The Morgan fingerprint density at radius 3 is 2.52 bits per heavy atom. The zero-order chi connectivity index (χ0) is 16.2. The van der Waals surface area contributed by atoms with Crippen LogP contribution in [-0.4, -0.2) is 17.8 Å². The second-order valence-corrected chi connectivity index (χ2v) is 7.65. The minimum absolute atomic E-state index is 0.0683. The summed E-state index contributed by atoms with van der Waals surface area (Å²) >= 11 is 4.64. The molecule has 0 spiro atoms. The first kappa shape index (κ1) is 18.3. The molecule has 3 nitrogen and oxygen atoms in total. The van der Waals surface area contributed by atoms with Crippen LogP contribution in [0.15, 0.2) is 21.5 Å². The third-order valence-electron chi connectivity index (χ3n) is 2.70. The van der Waals surface area contributed by atoms with E-state index in [0.717, 1.165) is 4.90 Å². The summed E-state index contributed by atoms with van der Waals surface area (Å²) in [5.74, 6) is -0.346. The topological polar surface area (TPSA) is 52.3 Å². The summed E-state index contributed by atoms with van der Waals surface area (Å²) in [5, 5.41) is -0.357. The molecule has 1 atom stereocenters. The van der Waals surface area contributed by atoms with E-state index in [1.54, 1.807) is 0 Å². The van der Waals surface area contributed by atoms with Gasteiger partial charge < -0.3 is 10.5 Å². The Hall–Kier alpha value is -0.750. The van der Waals surface area contributed by atoms with E-state index in [1.165, 1.54) is 23.9 Å². The Morgan fingerprint density at radius 2 is 2.00 bits per heavy atom. The van der Waals surface area contributed by atoms with Gasteiger partial charge in [-0.05, 0) is 39.9 Å². The largest absolute Gasteiger partial charge is 0.465 e. The summed E-state index contributed by atoms with van der Waals surface area (Å²) < 4.78 is 19.3. The van der Waals surface area contributed by atoms with Crippen molar-refractivity contribution in [3.05, 3.63) is 22.4 Å². The van der Waals surface area contributed by atoms with E-state index in [2.05, 4.69) is 15.9 Å². The van der Waals surface area contributed by atoms with E-state index in [4.69, 9.17) is 10.5 Å². The van der Waals surface area contributed by atoms with Gasteiger partial charge >= 0.3 is 5.97 Å². The summed E-state index contributed by atoms with van der Waals surface area (Å²) in [6.45, 7) is 8.28. The Bertz CT molecular complexity index is 509. The molecule has 0 aromatic heterocycles. The van der Waals surface area contributed by atoms with Crippen molar-refractivity contribution in [2.75, 3.05) is 12.3 Å². The van der Waals surface area contributed by atoms with Gasteiger partial charge in [-0.1, -0.05) is 27.7 Å². The number of esters is 1. The fourth-order valence-corrected chi connectivity index (χ4v) is 3.23. The zero-order valence-electron chi connectivity index (χ0n) is 12.7. The number of rotatable bonds is 6. The first-order valence-electron chi connectivity index (χ1n) is 6.80. The number of nitrogen functional groups attached to an aromatic ring is 1. The summed E-state index contributed by atoms with van der Waals surface area (Å²) in [5.41, 5.74) is 5.66. The van der Waals surface area contributed by atoms with Crippen molar-refractivity contribution < 1.29 is 13.9 Å². The van der Waals surface area contributed by atoms with Crippen molar-refractivity contribution >= 4 is 39.3 Å². The van der Waals surface area contributed by atoms with E-state index in [0.29, 0.717) is 17.0 Å². The van der Waals surface area contributed by atoms with Gasteiger partial charge in [-0.3, -0.25) is 4.79 Å². The van der Waals surface area contributed by atoms with Gasteiger partial charge in [0.15, 0.2) is 0 Å². The first-order valence-corrected chi connectivity index (χ1v) is 8.47. The summed E-state index contributed by atoms with van der Waals surface area (Å²) in [6, 6.07) is 2.85. The van der Waals surface area contributed by atoms with E-state index in [1.807, 2.05) is 27.7 Å². The second kappa shape index (κ2) is 8.03. The maximum atomic E-state index is 13.4. The van der Waals surface area contributed by atoms with Crippen LogP contribution in [0.25, 0.3) is 0 Å². The van der Waals surface area contributed by atoms with Crippen molar-refractivity contribution in [2.45, 2.75) is 37.8 Å². The Balaban J connectivity index is 2.88. The average molecular weight is 378 g/mol. The lowest BCUT2D eigenvalue weighted by Crippen LogP contribution is -2.26. The standard InChI is InChI=1S/C15H21BrFNO2S/c1-8(2)7-20-15(19)14(9(3)4)21-13-6-12(18)11(17)5-10(13)16/h5-6,8-9,14H,7,18H2,1-4H3. The number of nitrogens with two attached hydrogens (primary N) is 1. The van der Waals surface area contributed by atoms with Gasteiger partial charge in [0, 0.05) is 9.37 Å². The van der Waals surface area contributed by atoms with Crippen LogP contribution in [0.1, 0.15) is 27.7 Å². The van der Waals surface area contributed by atoms with E-state index in [9.17, 15) is 9.18 Å². The molecule has 0 bridgehead atoms. The zero-order valence-corrected chi connectivity index (χ0v) is 15.1. The van der Waals surface area contributed by atoms with Crippen molar-refractivity contribution in [1.82, 2.24) is 0 Å². The fourth-order valence-electron chi connectivity index (χ4n) is 1.56. The van der Waals surface area contributed by atoms with Gasteiger partial charge in [0.25, 0.3) is 0 Å². The smallest absolute Gasteiger partial charge is 0.319 e. The van der Waals surface area contributed by atoms with Gasteiger partial charge in [0.05, 0.1) is 12.3 Å². The molecule has 0 saturated carbocycles. The molecule has 1 aromatic rings. The molecule has 0 aliphatic carbocycles. The van der Waals surface area contributed by atoms with Crippen LogP contribution in [0.4, 0.5) is 10.1 Å². The second-order valence-electron chi connectivity index (χ2n) is 5.61. The minimum atomic E-state index is -0.477. The van der Waals surface area contributed by atoms with Gasteiger partial charge in [-0.2, -0.15) is 0 Å². The number of hydrogen-bond acceptors (Lipinski definition) is 4. The molecule has 1 rings (SSSR count). The quantitative estimate of drug-likeness (QED) is 0.450. The van der Waals surface area contributed by atoms with Gasteiger partial charge in [0.2, 0.25) is 0 Å². The van der Waals surface area contributed by atoms with E-state index >= 15 is 0 Å². The van der Waals surface area contributed by atoms with Crippen LogP contribution in [0.5, 0.6) is 0 Å². The third kappa shape index (κ3) is 5.51. The van der Waals surface area contributed by atoms with Gasteiger partial charge in [-0.25, -0.2) is 4.39 Å². The number of hydrogen-bond donors (Lipinski definition) is 1. The van der Waals surface area contributed by atoms with Crippen LogP contribution < -0.4 is 5.73 Å². The highest BCUT2D eigenvalue weighted by Crippen LogP contribution is 2.36. The molecule has 0 aliphatic rings. The lowest BCUT2D eigenvalue weighted by atomic mass is 10.1. The fraction of sp³-hybridized carbons (Fsp3) is 0.533. The van der Waals surface area contributed by atoms with Crippen LogP contribution in [0, 0.1) is 17.7 Å². The summed E-state index contributed by atoms with van der Waals surface area (Å²) in [4.78, 5) is 12.9. The lowest BCUT2D eigenvalue weighted by molar-refractivity contribution is -0.144. The highest BCUT2D eigenvalue weighted by Gasteiger charge is 2.26. The molecule has 2 N–H and O–H groups in total. The maximum Gasteiger partial charge on any atom is 0.319 e. The molecular weight excluding hydrogens is 357 g/mol. The first-order chi connectivity index (χ1) is 9.72. The van der Waals surface area contributed by atoms with Crippen molar-refractivity contribution in [3.8, 4) is 0 Å². The van der Waals surface area contributed by atoms with Crippen LogP contribution in [-0.2, 0) is 9.53 Å². The van der Waals surface area contributed by atoms with Gasteiger partial charge in [0.1, 0.15) is 11.1 Å². The molecular formula is C15H21BrFNO2S. The number of anilines is 1. The molecule has 6 heteroatoms.